The highest BCUT2D eigenvalue weighted by Gasteiger charge is 2.39. The van der Waals surface area contributed by atoms with E-state index in [9.17, 15) is 13.6 Å². The third kappa shape index (κ3) is 4.53. The van der Waals surface area contributed by atoms with Crippen molar-refractivity contribution in [2.75, 3.05) is 20.2 Å². The predicted molar refractivity (Wildman–Crippen MR) is 81.8 cm³/mol. The van der Waals surface area contributed by atoms with Crippen molar-refractivity contribution < 1.29 is 23.0 Å². The molecule has 1 aromatic carbocycles. The number of amides is 1. The number of alkyl halides is 2. The van der Waals surface area contributed by atoms with Crippen LogP contribution >= 0.6 is 11.6 Å². The molecule has 0 spiro atoms. The van der Waals surface area contributed by atoms with E-state index in [1.165, 1.54) is 25.3 Å². The van der Waals surface area contributed by atoms with Gasteiger partial charge in [0.1, 0.15) is 11.4 Å². The smallest absolute Gasteiger partial charge is 0.387 e. The lowest BCUT2D eigenvalue weighted by Crippen LogP contribution is -2.53. The van der Waals surface area contributed by atoms with Gasteiger partial charge < -0.3 is 20.1 Å². The fourth-order valence-electron chi connectivity index (χ4n) is 2.59. The molecule has 0 saturated carbocycles. The highest BCUT2D eigenvalue weighted by Crippen LogP contribution is 2.26. The van der Waals surface area contributed by atoms with Crippen molar-refractivity contribution in [1.29, 1.82) is 0 Å². The lowest BCUT2D eigenvalue weighted by molar-refractivity contribution is -0.146. The Balaban J connectivity index is 2.07. The first-order chi connectivity index (χ1) is 11.0. The van der Waals surface area contributed by atoms with Gasteiger partial charge in [-0.05, 0) is 44.1 Å². The Morgan fingerprint density at radius 1 is 1.43 bits per heavy atom. The van der Waals surface area contributed by atoms with E-state index >= 15 is 0 Å². The van der Waals surface area contributed by atoms with Gasteiger partial charge in [-0.3, -0.25) is 4.79 Å². The zero-order valence-corrected chi connectivity index (χ0v) is 13.5. The molecule has 2 N–H and O–H groups in total. The van der Waals surface area contributed by atoms with Crippen LogP contribution in [0.25, 0.3) is 0 Å². The molecule has 1 aromatic rings. The number of methoxy groups -OCH3 is 1. The van der Waals surface area contributed by atoms with Crippen LogP contribution in [0.2, 0.25) is 5.02 Å². The lowest BCUT2D eigenvalue weighted by atomic mass is 9.91. The van der Waals surface area contributed by atoms with Crippen molar-refractivity contribution in [1.82, 2.24) is 10.6 Å². The monoisotopic (exact) mass is 348 g/mol. The van der Waals surface area contributed by atoms with E-state index < -0.39 is 12.2 Å². The van der Waals surface area contributed by atoms with E-state index in [0.29, 0.717) is 36.5 Å². The van der Waals surface area contributed by atoms with Crippen LogP contribution in [0.5, 0.6) is 5.75 Å². The molecule has 1 aliphatic rings. The van der Waals surface area contributed by atoms with Gasteiger partial charge in [-0.25, -0.2) is 0 Å². The topological polar surface area (TPSA) is 59.6 Å². The molecule has 2 rings (SSSR count). The molecule has 128 valence electrons. The molecule has 8 heteroatoms. The number of rotatable bonds is 6. The Morgan fingerprint density at radius 3 is 2.74 bits per heavy atom. The van der Waals surface area contributed by atoms with Crippen molar-refractivity contribution in [3.05, 3.63) is 28.8 Å². The molecule has 23 heavy (non-hydrogen) atoms. The van der Waals surface area contributed by atoms with Crippen LogP contribution in [-0.2, 0) is 16.1 Å². The predicted octanol–water partition coefficient (Wildman–Crippen LogP) is 2.33. The van der Waals surface area contributed by atoms with Gasteiger partial charge in [0.05, 0.1) is 0 Å². The zero-order valence-electron chi connectivity index (χ0n) is 12.7. The standard InChI is InChI=1S/C15H19ClF2N2O3/c1-22-15(4-6-19-7-5-15)13(21)20-9-10-8-11(16)2-3-12(10)23-14(17)18/h2-3,8,14,19H,4-7,9H2,1H3,(H,20,21). The molecule has 1 saturated heterocycles. The van der Waals surface area contributed by atoms with Crippen LogP contribution in [0.15, 0.2) is 18.2 Å². The number of piperidine rings is 1. The second kappa shape index (κ2) is 7.90. The highest BCUT2D eigenvalue weighted by atomic mass is 35.5. The fraction of sp³-hybridized carbons (Fsp3) is 0.533. The van der Waals surface area contributed by atoms with Crippen LogP contribution in [0.3, 0.4) is 0 Å². The van der Waals surface area contributed by atoms with Gasteiger partial charge in [0.25, 0.3) is 5.91 Å². The van der Waals surface area contributed by atoms with E-state index in [4.69, 9.17) is 16.3 Å². The highest BCUT2D eigenvalue weighted by molar-refractivity contribution is 6.30. The van der Waals surface area contributed by atoms with E-state index in [-0.39, 0.29) is 18.2 Å². The van der Waals surface area contributed by atoms with Crippen molar-refractivity contribution in [2.45, 2.75) is 31.6 Å². The summed E-state index contributed by atoms with van der Waals surface area (Å²) >= 11 is 5.88. The Labute approximate surface area is 138 Å². The summed E-state index contributed by atoms with van der Waals surface area (Å²) in [6.45, 7) is -1.56. The van der Waals surface area contributed by atoms with E-state index in [0.717, 1.165) is 0 Å². The van der Waals surface area contributed by atoms with Crippen molar-refractivity contribution in [3.8, 4) is 5.75 Å². The van der Waals surface area contributed by atoms with Crippen LogP contribution in [0, 0.1) is 0 Å². The lowest BCUT2D eigenvalue weighted by Gasteiger charge is -2.34. The summed E-state index contributed by atoms with van der Waals surface area (Å²) in [6, 6.07) is 4.29. The molecule has 0 radical (unpaired) electrons. The summed E-state index contributed by atoms with van der Waals surface area (Å²) in [5.74, 6) is -0.286. The van der Waals surface area contributed by atoms with Crippen LogP contribution in [0.1, 0.15) is 18.4 Å². The van der Waals surface area contributed by atoms with E-state index in [2.05, 4.69) is 15.4 Å². The summed E-state index contributed by atoms with van der Waals surface area (Å²) in [6.07, 6.45) is 1.09. The first-order valence-corrected chi connectivity index (χ1v) is 7.62. The summed E-state index contributed by atoms with van der Waals surface area (Å²) in [5.41, 5.74) is -0.514. The minimum Gasteiger partial charge on any atom is -0.434 e. The number of carbonyl (C=O) groups excluding carboxylic acids is 1. The molecule has 0 aromatic heterocycles. The quantitative estimate of drug-likeness (QED) is 0.828. The minimum atomic E-state index is -2.94. The normalized spacial score (nSPS) is 17.1. The number of carbonyl (C=O) groups is 1. The summed E-state index contributed by atoms with van der Waals surface area (Å²) < 4.78 is 34.7. The molecule has 1 amide bonds. The maximum Gasteiger partial charge on any atom is 0.387 e. The maximum absolute atomic E-state index is 12.5. The maximum atomic E-state index is 12.5. The van der Waals surface area contributed by atoms with Crippen LogP contribution < -0.4 is 15.4 Å². The van der Waals surface area contributed by atoms with Gasteiger partial charge in [0.2, 0.25) is 0 Å². The largest absolute Gasteiger partial charge is 0.434 e. The molecule has 0 unspecified atom stereocenters. The first kappa shape index (κ1) is 17.9. The molecular formula is C15H19ClF2N2O3. The number of nitrogens with one attached hydrogen (secondary N) is 2. The SMILES string of the molecule is COC1(C(=O)NCc2cc(Cl)ccc2OC(F)F)CCNCC1. The van der Waals surface area contributed by atoms with E-state index in [1.807, 2.05) is 0 Å². The number of benzene rings is 1. The molecule has 0 atom stereocenters. The van der Waals surface area contributed by atoms with E-state index in [1.54, 1.807) is 0 Å². The Bertz CT molecular complexity index is 552. The molecule has 0 bridgehead atoms. The third-order valence-electron chi connectivity index (χ3n) is 3.89. The van der Waals surface area contributed by atoms with Gasteiger partial charge in [-0.1, -0.05) is 11.6 Å². The van der Waals surface area contributed by atoms with Crippen molar-refractivity contribution >= 4 is 17.5 Å². The number of hydrogen-bond donors (Lipinski definition) is 2. The number of hydrogen-bond acceptors (Lipinski definition) is 4. The number of halogens is 3. The van der Waals surface area contributed by atoms with Crippen molar-refractivity contribution in [2.24, 2.45) is 0 Å². The average molecular weight is 349 g/mol. The molecule has 1 aliphatic heterocycles. The third-order valence-corrected chi connectivity index (χ3v) is 4.13. The minimum absolute atomic E-state index is 0.0125. The molecule has 1 fully saturated rings. The summed E-state index contributed by atoms with van der Waals surface area (Å²) in [7, 11) is 1.50. The number of ether oxygens (including phenoxy) is 2. The summed E-state index contributed by atoms with van der Waals surface area (Å²) in [4.78, 5) is 12.5. The van der Waals surface area contributed by atoms with Gasteiger partial charge in [0, 0.05) is 24.2 Å². The van der Waals surface area contributed by atoms with Crippen LogP contribution in [0.4, 0.5) is 8.78 Å². The second-order valence-electron chi connectivity index (χ2n) is 5.26. The van der Waals surface area contributed by atoms with Gasteiger partial charge in [-0.15, -0.1) is 0 Å². The molecule has 5 nitrogen and oxygen atoms in total. The average Bonchev–Trinajstić information content (AvgIpc) is 2.55. The Hall–Kier alpha value is -1.44. The van der Waals surface area contributed by atoms with Gasteiger partial charge >= 0.3 is 6.61 Å². The fourth-order valence-corrected chi connectivity index (χ4v) is 2.78. The molecule has 0 aliphatic carbocycles. The molecular weight excluding hydrogens is 330 g/mol. The second-order valence-corrected chi connectivity index (χ2v) is 5.70. The van der Waals surface area contributed by atoms with Crippen LogP contribution in [-0.4, -0.2) is 38.3 Å². The Morgan fingerprint density at radius 2 is 2.13 bits per heavy atom. The van der Waals surface area contributed by atoms with Gasteiger partial charge in [0.15, 0.2) is 0 Å². The Kier molecular flexibility index (Phi) is 6.15. The first-order valence-electron chi connectivity index (χ1n) is 7.24. The zero-order chi connectivity index (χ0) is 16.9. The molecule has 1 heterocycles. The van der Waals surface area contributed by atoms with Crippen molar-refractivity contribution in [3.63, 3.8) is 0 Å². The van der Waals surface area contributed by atoms with Gasteiger partial charge in [-0.2, -0.15) is 8.78 Å². The summed E-state index contributed by atoms with van der Waals surface area (Å²) in [5, 5.41) is 6.26.